The van der Waals surface area contributed by atoms with Gasteiger partial charge in [-0.3, -0.25) is 4.79 Å². The fourth-order valence-corrected chi connectivity index (χ4v) is 6.01. The lowest BCUT2D eigenvalue weighted by atomic mass is 10.0. The van der Waals surface area contributed by atoms with E-state index in [4.69, 9.17) is 0 Å². The van der Waals surface area contributed by atoms with Crippen molar-refractivity contribution >= 4 is 5.91 Å². The van der Waals surface area contributed by atoms with Crippen LogP contribution in [0.1, 0.15) is 206 Å². The van der Waals surface area contributed by atoms with Crippen LogP contribution in [-0.2, 0) is 4.79 Å². The van der Waals surface area contributed by atoms with Crippen molar-refractivity contribution in [2.24, 2.45) is 0 Å². The first-order valence-electron chi connectivity index (χ1n) is 19.5. The average molecular weight is 624 g/mol. The largest absolute Gasteiger partial charge is 0.394 e. The molecule has 44 heavy (non-hydrogen) atoms. The molecule has 0 radical (unpaired) electrons. The molecule has 0 aliphatic carbocycles. The van der Waals surface area contributed by atoms with Gasteiger partial charge in [-0.25, -0.2) is 0 Å². The Morgan fingerprint density at radius 1 is 0.545 bits per heavy atom. The van der Waals surface area contributed by atoms with E-state index < -0.39 is 24.2 Å². The van der Waals surface area contributed by atoms with E-state index >= 15 is 0 Å². The lowest BCUT2D eigenvalue weighted by Crippen LogP contribution is -2.48. The monoisotopic (exact) mass is 624 g/mol. The van der Waals surface area contributed by atoms with E-state index in [1.54, 1.807) is 6.08 Å². The molecule has 0 fully saturated rings. The van der Waals surface area contributed by atoms with Gasteiger partial charge in [-0.1, -0.05) is 199 Å². The van der Waals surface area contributed by atoms with Gasteiger partial charge in [0.2, 0.25) is 5.91 Å². The van der Waals surface area contributed by atoms with Gasteiger partial charge in [-0.15, -0.1) is 0 Å². The highest BCUT2D eigenvalue weighted by Crippen LogP contribution is 2.15. The predicted octanol–water partition coefficient (Wildman–Crippen LogP) is 10.5. The van der Waals surface area contributed by atoms with E-state index in [-0.39, 0.29) is 6.61 Å². The summed E-state index contributed by atoms with van der Waals surface area (Å²) in [5.74, 6) is -0.502. The summed E-state index contributed by atoms with van der Waals surface area (Å²) in [5, 5.41) is 33.0. The molecule has 0 rings (SSSR count). The summed E-state index contributed by atoms with van der Waals surface area (Å²) in [6.07, 6.45) is 39.4. The highest BCUT2D eigenvalue weighted by Gasteiger charge is 2.22. The fourth-order valence-electron chi connectivity index (χ4n) is 6.01. The summed E-state index contributed by atoms with van der Waals surface area (Å²) in [7, 11) is 0. The number of unbranched alkanes of at least 4 members (excludes halogenated alkanes) is 27. The van der Waals surface area contributed by atoms with Crippen LogP contribution in [0.4, 0.5) is 0 Å². The highest BCUT2D eigenvalue weighted by atomic mass is 16.3. The van der Waals surface area contributed by atoms with E-state index in [0.717, 1.165) is 32.1 Å². The highest BCUT2D eigenvalue weighted by molar-refractivity contribution is 5.80. The van der Waals surface area contributed by atoms with Gasteiger partial charge in [-0.2, -0.15) is 0 Å². The SMILES string of the molecule is CCCCCCCCCCCC/C=C/C(O)C(CO)NC(=O)C(O)CCCCCCCCCCCCCCCCCCCC. The molecule has 5 heteroatoms. The zero-order chi connectivity index (χ0) is 32.4. The summed E-state index contributed by atoms with van der Waals surface area (Å²) in [6, 6.07) is -0.790. The molecular weight excluding hydrogens is 546 g/mol. The zero-order valence-electron chi connectivity index (χ0n) is 29.6. The topological polar surface area (TPSA) is 89.8 Å². The Labute approximate surface area is 274 Å². The smallest absolute Gasteiger partial charge is 0.249 e. The van der Waals surface area contributed by atoms with Crippen LogP contribution in [0.25, 0.3) is 0 Å². The molecule has 0 spiro atoms. The molecule has 262 valence electrons. The molecule has 1 amide bonds. The molecule has 0 aliphatic rings. The second-order valence-electron chi connectivity index (χ2n) is 13.5. The predicted molar refractivity (Wildman–Crippen MR) is 190 cm³/mol. The number of aliphatic hydroxyl groups is 3. The van der Waals surface area contributed by atoms with Gasteiger partial charge in [0.15, 0.2) is 0 Å². The fraction of sp³-hybridized carbons (Fsp3) is 0.923. The maximum absolute atomic E-state index is 12.4. The third-order valence-electron chi connectivity index (χ3n) is 9.13. The molecule has 0 aromatic carbocycles. The van der Waals surface area contributed by atoms with Crippen molar-refractivity contribution < 1.29 is 20.1 Å². The molecule has 0 saturated heterocycles. The quantitative estimate of drug-likeness (QED) is 0.0418. The number of allylic oxidation sites excluding steroid dienone is 1. The number of rotatable bonds is 35. The zero-order valence-corrected chi connectivity index (χ0v) is 29.6. The molecule has 0 aliphatic heterocycles. The second-order valence-corrected chi connectivity index (χ2v) is 13.5. The third-order valence-corrected chi connectivity index (χ3v) is 9.13. The van der Waals surface area contributed by atoms with Crippen LogP contribution in [0.2, 0.25) is 0 Å². The summed E-state index contributed by atoms with van der Waals surface area (Å²) in [5.41, 5.74) is 0. The minimum absolute atomic E-state index is 0.360. The van der Waals surface area contributed by atoms with Gasteiger partial charge in [0.1, 0.15) is 6.10 Å². The molecular formula is C39H77NO4. The van der Waals surface area contributed by atoms with Crippen LogP contribution >= 0.6 is 0 Å². The third kappa shape index (κ3) is 29.8. The Bertz CT molecular complexity index is 611. The molecule has 0 aromatic rings. The van der Waals surface area contributed by atoms with E-state index in [2.05, 4.69) is 19.2 Å². The minimum atomic E-state index is -1.09. The number of amides is 1. The normalized spacial score (nSPS) is 13.8. The van der Waals surface area contributed by atoms with Crippen molar-refractivity contribution in [3.63, 3.8) is 0 Å². The van der Waals surface area contributed by atoms with E-state index in [0.29, 0.717) is 6.42 Å². The standard InChI is InChI=1S/C39H77NO4/c1-3-5-7-9-11-13-15-17-18-19-20-21-22-24-26-28-30-32-34-38(43)39(44)40-36(35-41)37(42)33-31-29-27-25-23-16-14-12-10-8-6-4-2/h31,33,36-38,41-43H,3-30,32,34-35H2,1-2H3,(H,40,44)/b33-31+. The summed E-state index contributed by atoms with van der Waals surface area (Å²) in [6.45, 7) is 4.17. The van der Waals surface area contributed by atoms with Gasteiger partial charge in [0.25, 0.3) is 0 Å². The van der Waals surface area contributed by atoms with Crippen LogP contribution in [0.3, 0.4) is 0 Å². The number of carbonyl (C=O) groups is 1. The molecule has 3 atom stereocenters. The lowest BCUT2D eigenvalue weighted by Gasteiger charge is -2.21. The van der Waals surface area contributed by atoms with Crippen molar-refractivity contribution in [2.75, 3.05) is 6.61 Å². The second kappa shape index (κ2) is 35.0. The first kappa shape index (κ1) is 43.1. The molecule has 0 bridgehead atoms. The Hall–Kier alpha value is -0.910. The Kier molecular flexibility index (Phi) is 34.2. The number of carbonyl (C=O) groups excluding carboxylic acids is 1. The van der Waals surface area contributed by atoms with Crippen LogP contribution in [0, 0.1) is 0 Å². The van der Waals surface area contributed by atoms with Crippen molar-refractivity contribution in [1.82, 2.24) is 5.32 Å². The van der Waals surface area contributed by atoms with Crippen molar-refractivity contribution in [3.05, 3.63) is 12.2 Å². The molecule has 0 saturated carbocycles. The van der Waals surface area contributed by atoms with Crippen LogP contribution in [0.15, 0.2) is 12.2 Å². The van der Waals surface area contributed by atoms with Gasteiger partial charge < -0.3 is 20.6 Å². The maximum Gasteiger partial charge on any atom is 0.249 e. The summed E-state index contributed by atoms with van der Waals surface area (Å²) in [4.78, 5) is 12.4. The Morgan fingerprint density at radius 3 is 1.25 bits per heavy atom. The van der Waals surface area contributed by atoms with Crippen LogP contribution in [-0.4, -0.2) is 46.1 Å². The number of nitrogens with one attached hydrogen (secondary N) is 1. The van der Waals surface area contributed by atoms with E-state index in [1.165, 1.54) is 154 Å². The van der Waals surface area contributed by atoms with Crippen LogP contribution < -0.4 is 5.32 Å². The van der Waals surface area contributed by atoms with Crippen molar-refractivity contribution in [3.8, 4) is 0 Å². The van der Waals surface area contributed by atoms with Gasteiger partial charge in [-0.05, 0) is 19.3 Å². The number of aliphatic hydroxyl groups excluding tert-OH is 3. The van der Waals surface area contributed by atoms with Crippen molar-refractivity contribution in [1.29, 1.82) is 0 Å². The number of hydrogen-bond donors (Lipinski definition) is 4. The number of hydrogen-bond acceptors (Lipinski definition) is 4. The van der Waals surface area contributed by atoms with E-state index in [1.807, 2.05) is 6.08 Å². The first-order valence-corrected chi connectivity index (χ1v) is 19.5. The minimum Gasteiger partial charge on any atom is -0.394 e. The van der Waals surface area contributed by atoms with Gasteiger partial charge in [0.05, 0.1) is 18.8 Å². The summed E-state index contributed by atoms with van der Waals surface area (Å²) >= 11 is 0. The van der Waals surface area contributed by atoms with E-state index in [9.17, 15) is 20.1 Å². The maximum atomic E-state index is 12.4. The first-order chi connectivity index (χ1) is 21.6. The molecule has 0 heterocycles. The Balaban J connectivity index is 3.67. The van der Waals surface area contributed by atoms with Gasteiger partial charge in [0, 0.05) is 0 Å². The lowest BCUT2D eigenvalue weighted by molar-refractivity contribution is -0.131. The molecule has 3 unspecified atom stereocenters. The average Bonchev–Trinajstić information content (AvgIpc) is 3.03. The molecule has 4 N–H and O–H groups in total. The van der Waals surface area contributed by atoms with Crippen molar-refractivity contribution in [2.45, 2.75) is 225 Å². The molecule has 5 nitrogen and oxygen atoms in total. The Morgan fingerprint density at radius 2 is 0.886 bits per heavy atom. The van der Waals surface area contributed by atoms with Crippen LogP contribution in [0.5, 0.6) is 0 Å². The summed E-state index contributed by atoms with van der Waals surface area (Å²) < 4.78 is 0. The molecule has 0 aromatic heterocycles. The van der Waals surface area contributed by atoms with Gasteiger partial charge >= 0.3 is 0 Å².